The number of aryl methyl sites for hydroxylation is 1. The van der Waals surface area contributed by atoms with Gasteiger partial charge in [0.15, 0.2) is 0 Å². The van der Waals surface area contributed by atoms with E-state index in [1.807, 2.05) is 42.6 Å². The summed E-state index contributed by atoms with van der Waals surface area (Å²) in [4.78, 5) is 26.6. The van der Waals surface area contributed by atoms with Crippen molar-refractivity contribution in [2.75, 3.05) is 0 Å². The molecule has 0 radical (unpaired) electrons. The van der Waals surface area contributed by atoms with E-state index in [0.717, 1.165) is 20.5 Å². The number of benzene rings is 1. The number of hydrogen-bond donors (Lipinski definition) is 1. The van der Waals surface area contributed by atoms with E-state index in [2.05, 4.69) is 21.2 Å². The summed E-state index contributed by atoms with van der Waals surface area (Å²) >= 11 is 4.91. The van der Waals surface area contributed by atoms with Gasteiger partial charge in [0.05, 0.1) is 6.54 Å². The molecule has 0 atom stereocenters. The van der Waals surface area contributed by atoms with Crippen LogP contribution in [0.2, 0.25) is 0 Å². The summed E-state index contributed by atoms with van der Waals surface area (Å²) in [5.41, 5.74) is 2.32. The molecule has 2 heterocycles. The topological polar surface area (TPSA) is 49.4 Å². The van der Waals surface area contributed by atoms with Crippen molar-refractivity contribution in [3.8, 4) is 0 Å². The normalized spacial score (nSPS) is 16.5. The zero-order valence-corrected chi connectivity index (χ0v) is 14.2. The SMILES string of the molecule is Cc1ccsc1/C=C1/NC(=O)N(Cc2ccc(Br)cc2)C1=O. The summed E-state index contributed by atoms with van der Waals surface area (Å²) in [5, 5.41) is 4.61. The van der Waals surface area contributed by atoms with Gasteiger partial charge in [0.1, 0.15) is 5.70 Å². The molecule has 3 rings (SSSR count). The zero-order chi connectivity index (χ0) is 15.7. The van der Waals surface area contributed by atoms with Gasteiger partial charge < -0.3 is 5.32 Å². The van der Waals surface area contributed by atoms with Crippen LogP contribution in [-0.2, 0) is 11.3 Å². The highest BCUT2D eigenvalue weighted by Gasteiger charge is 2.33. The minimum Gasteiger partial charge on any atom is -0.303 e. The zero-order valence-electron chi connectivity index (χ0n) is 11.8. The summed E-state index contributed by atoms with van der Waals surface area (Å²) in [6.07, 6.45) is 1.74. The molecule has 0 aliphatic carbocycles. The predicted molar refractivity (Wildman–Crippen MR) is 90.3 cm³/mol. The number of nitrogens with one attached hydrogen (secondary N) is 1. The van der Waals surface area contributed by atoms with Crippen LogP contribution in [-0.4, -0.2) is 16.8 Å². The first kappa shape index (κ1) is 15.0. The molecule has 0 unspecified atom stereocenters. The second kappa shape index (κ2) is 6.06. The lowest BCUT2D eigenvalue weighted by molar-refractivity contribution is -0.123. The van der Waals surface area contributed by atoms with Crippen molar-refractivity contribution in [2.45, 2.75) is 13.5 Å². The number of nitrogens with zero attached hydrogens (tertiary/aromatic N) is 1. The number of thiophene rings is 1. The number of halogens is 1. The summed E-state index contributed by atoms with van der Waals surface area (Å²) in [6.45, 7) is 2.24. The smallest absolute Gasteiger partial charge is 0.303 e. The van der Waals surface area contributed by atoms with Gasteiger partial charge in [-0.1, -0.05) is 28.1 Å². The van der Waals surface area contributed by atoms with Crippen LogP contribution >= 0.6 is 27.3 Å². The number of carbonyl (C=O) groups is 2. The van der Waals surface area contributed by atoms with Gasteiger partial charge in [0.2, 0.25) is 0 Å². The first-order chi connectivity index (χ1) is 10.5. The molecular weight excluding hydrogens is 364 g/mol. The fourth-order valence-electron chi connectivity index (χ4n) is 2.15. The third kappa shape index (κ3) is 2.98. The number of amides is 3. The number of urea groups is 1. The third-order valence-electron chi connectivity index (χ3n) is 3.39. The van der Waals surface area contributed by atoms with E-state index in [-0.39, 0.29) is 18.5 Å². The fraction of sp³-hybridized carbons (Fsp3) is 0.125. The summed E-state index contributed by atoms with van der Waals surface area (Å²) < 4.78 is 0.960. The van der Waals surface area contributed by atoms with Gasteiger partial charge in [0.25, 0.3) is 5.91 Å². The molecule has 0 saturated carbocycles. The number of imide groups is 1. The number of carbonyl (C=O) groups excluding carboxylic acids is 2. The molecule has 0 spiro atoms. The summed E-state index contributed by atoms with van der Waals surface area (Å²) in [6, 6.07) is 9.15. The average Bonchev–Trinajstić information content (AvgIpc) is 3.00. The maximum Gasteiger partial charge on any atom is 0.329 e. The van der Waals surface area contributed by atoms with Crippen LogP contribution in [0.3, 0.4) is 0 Å². The van der Waals surface area contributed by atoms with Gasteiger partial charge >= 0.3 is 6.03 Å². The lowest BCUT2D eigenvalue weighted by atomic mass is 10.2. The molecule has 6 heteroatoms. The molecule has 1 N–H and O–H groups in total. The molecule has 0 bridgehead atoms. The van der Waals surface area contributed by atoms with E-state index in [9.17, 15) is 9.59 Å². The Morgan fingerprint density at radius 3 is 2.59 bits per heavy atom. The van der Waals surface area contributed by atoms with Crippen molar-refractivity contribution >= 4 is 45.3 Å². The van der Waals surface area contributed by atoms with Crippen LogP contribution in [0.4, 0.5) is 4.79 Å². The van der Waals surface area contributed by atoms with Crippen LogP contribution < -0.4 is 5.32 Å². The average molecular weight is 377 g/mol. The quantitative estimate of drug-likeness (QED) is 0.651. The predicted octanol–water partition coefficient (Wildman–Crippen LogP) is 3.91. The van der Waals surface area contributed by atoms with Crippen LogP contribution in [0.15, 0.2) is 45.9 Å². The Kier molecular flexibility index (Phi) is 4.13. The molecule has 1 aliphatic heterocycles. The maximum absolute atomic E-state index is 12.4. The first-order valence-corrected chi connectivity index (χ1v) is 8.35. The Balaban J connectivity index is 1.81. The van der Waals surface area contributed by atoms with E-state index >= 15 is 0 Å². The molecule has 3 amide bonds. The van der Waals surface area contributed by atoms with Crippen molar-refractivity contribution in [2.24, 2.45) is 0 Å². The molecule has 1 aromatic carbocycles. The molecule has 2 aromatic rings. The molecule has 112 valence electrons. The Labute approximate surface area is 140 Å². The van der Waals surface area contributed by atoms with Gasteiger partial charge in [-0.05, 0) is 47.7 Å². The van der Waals surface area contributed by atoms with E-state index < -0.39 is 0 Å². The Hall–Kier alpha value is -1.92. The fourth-order valence-corrected chi connectivity index (χ4v) is 3.27. The number of rotatable bonds is 3. The largest absolute Gasteiger partial charge is 0.329 e. The Morgan fingerprint density at radius 1 is 1.23 bits per heavy atom. The first-order valence-electron chi connectivity index (χ1n) is 6.67. The van der Waals surface area contributed by atoms with Crippen LogP contribution in [0, 0.1) is 6.92 Å². The molecular formula is C16H13BrN2O2S. The van der Waals surface area contributed by atoms with E-state index in [1.165, 1.54) is 4.90 Å². The minimum atomic E-state index is -0.381. The van der Waals surface area contributed by atoms with Gasteiger partial charge in [-0.3, -0.25) is 9.69 Å². The summed E-state index contributed by atoms with van der Waals surface area (Å²) in [5.74, 6) is -0.291. The maximum atomic E-state index is 12.4. The molecule has 4 nitrogen and oxygen atoms in total. The monoisotopic (exact) mass is 376 g/mol. The van der Waals surface area contributed by atoms with E-state index in [4.69, 9.17) is 0 Å². The Morgan fingerprint density at radius 2 is 1.95 bits per heavy atom. The molecule has 1 saturated heterocycles. The molecule has 22 heavy (non-hydrogen) atoms. The van der Waals surface area contributed by atoms with Gasteiger partial charge in [-0.25, -0.2) is 4.79 Å². The van der Waals surface area contributed by atoms with Gasteiger partial charge in [-0.2, -0.15) is 0 Å². The van der Waals surface area contributed by atoms with Crippen LogP contribution in [0.25, 0.3) is 6.08 Å². The highest BCUT2D eigenvalue weighted by atomic mass is 79.9. The van der Waals surface area contributed by atoms with Crippen molar-refractivity contribution < 1.29 is 9.59 Å². The second-order valence-corrected chi connectivity index (χ2v) is 6.84. The third-order valence-corrected chi connectivity index (χ3v) is 4.89. The molecule has 1 aromatic heterocycles. The van der Waals surface area contributed by atoms with E-state index in [1.54, 1.807) is 17.4 Å². The molecule has 1 aliphatic rings. The van der Waals surface area contributed by atoms with Gasteiger partial charge in [-0.15, -0.1) is 11.3 Å². The standard InChI is InChI=1S/C16H13BrN2O2S/c1-10-6-7-22-14(10)8-13-15(20)19(16(21)18-13)9-11-2-4-12(17)5-3-11/h2-8H,9H2,1H3,(H,18,21)/b13-8+. The highest BCUT2D eigenvalue weighted by molar-refractivity contribution is 9.10. The van der Waals surface area contributed by atoms with Crippen molar-refractivity contribution in [1.82, 2.24) is 10.2 Å². The Bertz CT molecular complexity index is 765. The lowest BCUT2D eigenvalue weighted by Crippen LogP contribution is -2.30. The second-order valence-electron chi connectivity index (χ2n) is 4.97. The number of hydrogen-bond acceptors (Lipinski definition) is 3. The van der Waals surface area contributed by atoms with Crippen molar-refractivity contribution in [3.63, 3.8) is 0 Å². The van der Waals surface area contributed by atoms with E-state index in [0.29, 0.717) is 5.70 Å². The highest BCUT2D eigenvalue weighted by Crippen LogP contribution is 2.22. The minimum absolute atomic E-state index is 0.263. The van der Waals surface area contributed by atoms with Crippen LogP contribution in [0.1, 0.15) is 16.0 Å². The summed E-state index contributed by atoms with van der Waals surface area (Å²) in [7, 11) is 0. The van der Waals surface area contributed by atoms with Gasteiger partial charge in [0, 0.05) is 9.35 Å². The van der Waals surface area contributed by atoms with Crippen molar-refractivity contribution in [1.29, 1.82) is 0 Å². The van der Waals surface area contributed by atoms with Crippen molar-refractivity contribution in [3.05, 3.63) is 61.9 Å². The van der Waals surface area contributed by atoms with Crippen LogP contribution in [0.5, 0.6) is 0 Å². The molecule has 1 fully saturated rings. The lowest BCUT2D eigenvalue weighted by Gasteiger charge is -2.11.